The van der Waals surface area contributed by atoms with Crippen LogP contribution < -0.4 is 5.32 Å². The molecule has 3 aromatic rings. The van der Waals surface area contributed by atoms with Gasteiger partial charge >= 0.3 is 12.1 Å². The van der Waals surface area contributed by atoms with Crippen LogP contribution in [0, 0.1) is 0 Å². The second-order valence-electron chi connectivity index (χ2n) is 6.90. The summed E-state index contributed by atoms with van der Waals surface area (Å²) in [5, 5.41) is 4.38. The summed E-state index contributed by atoms with van der Waals surface area (Å²) >= 11 is 1.52. The van der Waals surface area contributed by atoms with Gasteiger partial charge in [-0.1, -0.05) is 91.0 Å². The van der Waals surface area contributed by atoms with Crippen molar-refractivity contribution in [3.63, 3.8) is 0 Å². The van der Waals surface area contributed by atoms with Crippen LogP contribution in [0.15, 0.2) is 102 Å². The molecule has 3 aromatic carbocycles. The Labute approximate surface area is 192 Å². The fourth-order valence-corrected chi connectivity index (χ4v) is 3.50. The van der Waals surface area contributed by atoms with Crippen molar-refractivity contribution in [2.45, 2.75) is 25.0 Å². The van der Waals surface area contributed by atoms with E-state index in [0.717, 1.165) is 16.9 Å². The Balaban J connectivity index is 1.56. The normalized spacial score (nSPS) is 11.6. The Morgan fingerprint density at radius 1 is 0.750 bits per heavy atom. The highest BCUT2D eigenvalue weighted by Crippen LogP contribution is 2.13. The van der Waals surface area contributed by atoms with Crippen LogP contribution in [0.5, 0.6) is 0 Å². The molecule has 0 saturated heterocycles. The molecule has 0 heterocycles. The third-order valence-corrected chi connectivity index (χ3v) is 5.27. The monoisotopic (exact) mass is 447 g/mol. The van der Waals surface area contributed by atoms with Crippen LogP contribution in [0.2, 0.25) is 0 Å². The molecule has 0 saturated carbocycles. The van der Waals surface area contributed by atoms with E-state index < -0.39 is 18.1 Å². The Morgan fingerprint density at radius 3 is 1.81 bits per heavy atom. The number of nitrogens with one attached hydrogen (secondary N) is 1. The lowest BCUT2D eigenvalue weighted by molar-refractivity contribution is -0.146. The summed E-state index contributed by atoms with van der Waals surface area (Å²) in [6, 6.07) is 27.8. The van der Waals surface area contributed by atoms with E-state index in [9.17, 15) is 9.59 Å². The van der Waals surface area contributed by atoms with Gasteiger partial charge < -0.3 is 14.8 Å². The predicted octanol–water partition coefficient (Wildman–Crippen LogP) is 5.47. The van der Waals surface area contributed by atoms with E-state index >= 15 is 0 Å². The zero-order chi connectivity index (χ0) is 22.4. The molecule has 164 valence electrons. The number of carbonyl (C=O) groups excluding carboxylic acids is 2. The summed E-state index contributed by atoms with van der Waals surface area (Å²) in [5.41, 5.74) is 2.90. The van der Waals surface area contributed by atoms with Gasteiger partial charge in [-0.05, 0) is 28.2 Å². The molecule has 0 bridgehead atoms. The quantitative estimate of drug-likeness (QED) is 0.418. The van der Waals surface area contributed by atoms with Gasteiger partial charge in [0.25, 0.3) is 0 Å². The van der Waals surface area contributed by atoms with Gasteiger partial charge in [-0.2, -0.15) is 0 Å². The molecule has 3 rings (SSSR count). The Hall–Kier alpha value is -3.51. The number of esters is 1. The molecule has 32 heavy (non-hydrogen) atoms. The molecule has 0 fully saturated rings. The summed E-state index contributed by atoms with van der Waals surface area (Å²) in [6.45, 7) is 0.243. The second kappa shape index (κ2) is 13.0. The fourth-order valence-electron chi connectivity index (χ4n) is 2.75. The number of amides is 1. The lowest BCUT2D eigenvalue weighted by Gasteiger charge is -2.15. The third-order valence-electron chi connectivity index (χ3n) is 4.42. The Bertz CT molecular complexity index is 994. The standard InChI is InChI=1S/C26H25NO4S/c28-25(30-18-21-10-4-1-5-11-21)24(16-17-32-20-23-14-8-3-9-15-23)27-26(29)31-19-22-12-6-2-7-13-22/h1-17,24H,18-20H2,(H,27,29)/b17-16+/t24-/m1/s1. The van der Waals surface area contributed by atoms with Crippen LogP contribution in [-0.4, -0.2) is 18.1 Å². The van der Waals surface area contributed by atoms with E-state index in [1.807, 2.05) is 91.0 Å². The van der Waals surface area contributed by atoms with Crippen LogP contribution >= 0.6 is 11.8 Å². The predicted molar refractivity (Wildman–Crippen MR) is 127 cm³/mol. The first-order chi connectivity index (χ1) is 15.7. The SMILES string of the molecule is O=C(N[C@H](/C=C/SCc1ccccc1)C(=O)OCc1ccccc1)OCc1ccccc1. The maximum atomic E-state index is 12.6. The number of rotatable bonds is 10. The number of alkyl carbamates (subject to hydrolysis) is 1. The van der Waals surface area contributed by atoms with Crippen molar-refractivity contribution in [1.29, 1.82) is 0 Å². The third kappa shape index (κ3) is 8.32. The molecule has 1 atom stereocenters. The molecule has 0 spiro atoms. The molecule has 0 aliphatic rings. The number of thioether (sulfide) groups is 1. The van der Waals surface area contributed by atoms with Gasteiger partial charge in [0.1, 0.15) is 19.3 Å². The zero-order valence-corrected chi connectivity index (χ0v) is 18.4. The van der Waals surface area contributed by atoms with Crippen LogP contribution in [0.25, 0.3) is 0 Å². The van der Waals surface area contributed by atoms with Crippen molar-refractivity contribution in [2.24, 2.45) is 0 Å². The van der Waals surface area contributed by atoms with Gasteiger partial charge in [0.05, 0.1) is 0 Å². The molecule has 1 N–H and O–H groups in total. The van der Waals surface area contributed by atoms with Crippen molar-refractivity contribution in [1.82, 2.24) is 5.32 Å². The van der Waals surface area contributed by atoms with Gasteiger partial charge in [0, 0.05) is 5.75 Å². The van der Waals surface area contributed by atoms with E-state index in [4.69, 9.17) is 9.47 Å². The molecule has 0 aliphatic carbocycles. The van der Waals surface area contributed by atoms with E-state index in [0.29, 0.717) is 0 Å². The second-order valence-corrected chi connectivity index (χ2v) is 7.80. The number of carbonyl (C=O) groups is 2. The molecule has 0 radical (unpaired) electrons. The van der Waals surface area contributed by atoms with E-state index in [2.05, 4.69) is 5.32 Å². The highest BCUT2D eigenvalue weighted by Gasteiger charge is 2.20. The van der Waals surface area contributed by atoms with E-state index in [1.165, 1.54) is 17.3 Å². The molecule has 0 aliphatic heterocycles. The van der Waals surface area contributed by atoms with Crippen molar-refractivity contribution >= 4 is 23.8 Å². The minimum absolute atomic E-state index is 0.116. The first-order valence-corrected chi connectivity index (χ1v) is 11.3. The van der Waals surface area contributed by atoms with Crippen LogP contribution in [0.1, 0.15) is 16.7 Å². The Morgan fingerprint density at radius 2 is 1.25 bits per heavy atom. The lowest BCUT2D eigenvalue weighted by Crippen LogP contribution is -2.40. The van der Waals surface area contributed by atoms with Crippen LogP contribution in [0.3, 0.4) is 0 Å². The maximum Gasteiger partial charge on any atom is 0.408 e. The first kappa shape index (κ1) is 23.2. The minimum Gasteiger partial charge on any atom is -0.459 e. The smallest absolute Gasteiger partial charge is 0.408 e. The van der Waals surface area contributed by atoms with E-state index in [1.54, 1.807) is 11.5 Å². The van der Waals surface area contributed by atoms with Crippen molar-refractivity contribution < 1.29 is 19.1 Å². The average molecular weight is 448 g/mol. The van der Waals surface area contributed by atoms with Crippen LogP contribution in [0.4, 0.5) is 4.79 Å². The molecule has 6 heteroatoms. The summed E-state index contributed by atoms with van der Waals surface area (Å²) < 4.78 is 10.6. The largest absolute Gasteiger partial charge is 0.459 e. The number of hydrogen-bond acceptors (Lipinski definition) is 5. The molecular weight excluding hydrogens is 422 g/mol. The van der Waals surface area contributed by atoms with Crippen molar-refractivity contribution in [3.05, 3.63) is 119 Å². The Kier molecular flexibility index (Phi) is 9.42. The summed E-state index contributed by atoms with van der Waals surface area (Å²) in [6.07, 6.45) is 0.929. The number of hydrogen-bond donors (Lipinski definition) is 1. The highest BCUT2D eigenvalue weighted by atomic mass is 32.2. The summed E-state index contributed by atoms with van der Waals surface area (Å²) in [7, 11) is 0. The zero-order valence-electron chi connectivity index (χ0n) is 17.6. The van der Waals surface area contributed by atoms with Gasteiger partial charge in [-0.3, -0.25) is 0 Å². The summed E-state index contributed by atoms with van der Waals surface area (Å²) in [5.74, 6) is 0.198. The fraction of sp³-hybridized carbons (Fsp3) is 0.154. The summed E-state index contributed by atoms with van der Waals surface area (Å²) in [4.78, 5) is 24.9. The van der Waals surface area contributed by atoms with Gasteiger partial charge in [-0.15, -0.1) is 11.8 Å². The highest BCUT2D eigenvalue weighted by molar-refractivity contribution is 8.01. The van der Waals surface area contributed by atoms with Crippen molar-refractivity contribution in [2.75, 3.05) is 0 Å². The van der Waals surface area contributed by atoms with Gasteiger partial charge in [0.15, 0.2) is 0 Å². The molecule has 5 nitrogen and oxygen atoms in total. The van der Waals surface area contributed by atoms with Crippen LogP contribution in [-0.2, 0) is 33.2 Å². The minimum atomic E-state index is -0.953. The number of ether oxygens (including phenoxy) is 2. The van der Waals surface area contributed by atoms with Crippen molar-refractivity contribution in [3.8, 4) is 0 Å². The first-order valence-electron chi connectivity index (χ1n) is 10.2. The van der Waals surface area contributed by atoms with E-state index in [-0.39, 0.29) is 13.2 Å². The molecule has 0 unspecified atom stereocenters. The van der Waals surface area contributed by atoms with Gasteiger partial charge in [0.2, 0.25) is 0 Å². The number of benzene rings is 3. The lowest BCUT2D eigenvalue weighted by atomic mass is 10.2. The molecule has 1 amide bonds. The molecular formula is C26H25NO4S. The molecule has 0 aromatic heterocycles. The topological polar surface area (TPSA) is 64.6 Å². The van der Waals surface area contributed by atoms with Gasteiger partial charge in [-0.25, -0.2) is 9.59 Å². The maximum absolute atomic E-state index is 12.6. The average Bonchev–Trinajstić information content (AvgIpc) is 2.85.